The van der Waals surface area contributed by atoms with Gasteiger partial charge < -0.3 is 24.2 Å². The molecule has 1 N–H and O–H groups in total. The Morgan fingerprint density at radius 1 is 1.00 bits per heavy atom. The molecule has 4 atom stereocenters. The van der Waals surface area contributed by atoms with E-state index < -0.39 is 6.04 Å². The monoisotopic (exact) mass is 466 g/mol. The first-order valence-corrected chi connectivity index (χ1v) is 11.8. The van der Waals surface area contributed by atoms with Crippen LogP contribution in [0.25, 0.3) is 0 Å². The van der Waals surface area contributed by atoms with Gasteiger partial charge in [-0.05, 0) is 62.6 Å². The third-order valence-electron chi connectivity index (χ3n) is 8.34. The largest absolute Gasteiger partial charge is 0.496 e. The van der Waals surface area contributed by atoms with Crippen molar-refractivity contribution >= 4 is 5.91 Å². The summed E-state index contributed by atoms with van der Waals surface area (Å²) in [5.41, 5.74) is 7.46. The average molecular weight is 467 g/mol. The molecule has 1 saturated heterocycles. The maximum Gasteiger partial charge on any atom is 0.241 e. The van der Waals surface area contributed by atoms with E-state index in [4.69, 9.17) is 14.2 Å². The Bertz CT molecular complexity index is 1180. The molecule has 182 valence electrons. The molecule has 0 radical (unpaired) electrons. The Kier molecular flexibility index (Phi) is 5.52. The van der Waals surface area contributed by atoms with Crippen molar-refractivity contribution < 1.29 is 24.1 Å². The number of amides is 1. The van der Waals surface area contributed by atoms with Gasteiger partial charge in [0.05, 0.1) is 52.1 Å². The van der Waals surface area contributed by atoms with Gasteiger partial charge in [0.2, 0.25) is 5.91 Å². The predicted molar refractivity (Wildman–Crippen MR) is 129 cm³/mol. The number of fused-ring (bicyclic) bond motifs is 7. The average Bonchev–Trinajstić information content (AvgIpc) is 2.82. The second-order valence-corrected chi connectivity index (χ2v) is 9.77. The first-order chi connectivity index (χ1) is 16.3. The van der Waals surface area contributed by atoms with Gasteiger partial charge in [0.25, 0.3) is 0 Å². The summed E-state index contributed by atoms with van der Waals surface area (Å²) in [6.45, 7) is 5.97. The predicted octanol–water partition coefficient (Wildman–Crippen LogP) is 3.04. The summed E-state index contributed by atoms with van der Waals surface area (Å²) in [4.78, 5) is 18.1. The summed E-state index contributed by atoms with van der Waals surface area (Å²) in [5.74, 6) is 2.43. The molecule has 34 heavy (non-hydrogen) atoms. The summed E-state index contributed by atoms with van der Waals surface area (Å²) >= 11 is 0. The topological polar surface area (TPSA) is 71.5 Å². The van der Waals surface area contributed by atoms with Crippen molar-refractivity contribution in [3.05, 3.63) is 51.1 Å². The number of rotatable bonds is 4. The molecule has 0 unspecified atom stereocenters. The van der Waals surface area contributed by atoms with Gasteiger partial charge in [-0.15, -0.1) is 0 Å². The number of ether oxygens (including phenoxy) is 3. The van der Waals surface area contributed by atoms with Gasteiger partial charge in [0.15, 0.2) is 0 Å². The number of aliphatic hydroxyl groups is 1. The Hall–Kier alpha value is -2.77. The molecule has 2 bridgehead atoms. The van der Waals surface area contributed by atoms with Crippen LogP contribution in [0.2, 0.25) is 0 Å². The molecule has 0 aliphatic carbocycles. The van der Waals surface area contributed by atoms with E-state index in [1.807, 2.05) is 25.8 Å². The lowest BCUT2D eigenvalue weighted by Crippen LogP contribution is -2.66. The summed E-state index contributed by atoms with van der Waals surface area (Å²) in [6, 6.07) is 3.40. The highest BCUT2D eigenvalue weighted by atomic mass is 16.5. The fourth-order valence-corrected chi connectivity index (χ4v) is 6.66. The molecule has 5 rings (SSSR count). The number of carbonyl (C=O) groups excluding carboxylic acids is 1. The molecule has 7 nitrogen and oxygen atoms in total. The van der Waals surface area contributed by atoms with Gasteiger partial charge in [0, 0.05) is 23.1 Å². The molecular formula is C27H34N2O5. The zero-order valence-electron chi connectivity index (χ0n) is 21.1. The lowest BCUT2D eigenvalue weighted by Gasteiger charge is -2.57. The minimum Gasteiger partial charge on any atom is -0.496 e. The van der Waals surface area contributed by atoms with E-state index in [0.717, 1.165) is 56.2 Å². The van der Waals surface area contributed by atoms with Crippen LogP contribution in [0.4, 0.5) is 0 Å². The highest BCUT2D eigenvalue weighted by Crippen LogP contribution is 2.52. The molecule has 0 aromatic heterocycles. The van der Waals surface area contributed by atoms with Crippen molar-refractivity contribution in [3.63, 3.8) is 0 Å². The third kappa shape index (κ3) is 2.93. The molecule has 1 amide bonds. The zero-order valence-corrected chi connectivity index (χ0v) is 21.1. The van der Waals surface area contributed by atoms with Gasteiger partial charge in [-0.25, -0.2) is 0 Å². The fraction of sp³-hybridized carbons (Fsp3) is 0.519. The van der Waals surface area contributed by atoms with Gasteiger partial charge in [-0.1, -0.05) is 6.07 Å². The molecule has 3 heterocycles. The molecule has 1 fully saturated rings. The van der Waals surface area contributed by atoms with Crippen molar-refractivity contribution in [2.24, 2.45) is 0 Å². The first-order valence-electron chi connectivity index (χ1n) is 11.8. The summed E-state index contributed by atoms with van der Waals surface area (Å²) in [7, 11) is 7.06. The second-order valence-electron chi connectivity index (χ2n) is 9.77. The quantitative estimate of drug-likeness (QED) is 0.747. The SMILES string of the molecule is COc1cc2c(c(OC)c1C)C[C@H]1C(=O)N3[C@@H](CO)c4c(cc(C)c(C)c4OC)C[C@H]3[C@@H]2N1C. The van der Waals surface area contributed by atoms with Crippen LogP contribution in [0.1, 0.15) is 51.0 Å². The number of hydrogen-bond acceptors (Lipinski definition) is 6. The van der Waals surface area contributed by atoms with E-state index in [0.29, 0.717) is 12.8 Å². The normalized spacial score (nSPS) is 25.4. The minimum absolute atomic E-state index is 0.0374. The zero-order chi connectivity index (χ0) is 24.5. The van der Waals surface area contributed by atoms with Crippen LogP contribution >= 0.6 is 0 Å². The van der Waals surface area contributed by atoms with Crippen LogP contribution in [0.3, 0.4) is 0 Å². The number of piperazine rings is 1. The van der Waals surface area contributed by atoms with Gasteiger partial charge in [-0.3, -0.25) is 9.69 Å². The molecule has 7 heteroatoms. The van der Waals surface area contributed by atoms with Crippen LogP contribution < -0.4 is 14.2 Å². The Morgan fingerprint density at radius 3 is 2.32 bits per heavy atom. The van der Waals surface area contributed by atoms with Crippen molar-refractivity contribution in [1.82, 2.24) is 9.80 Å². The highest BCUT2D eigenvalue weighted by molar-refractivity contribution is 5.86. The number of aliphatic hydroxyl groups excluding tert-OH is 1. The Balaban J connectivity index is 1.74. The molecule has 3 aliphatic rings. The molecule has 3 aliphatic heterocycles. The minimum atomic E-state index is -0.440. The molecule has 0 spiro atoms. The molecule has 0 saturated carbocycles. The molecule has 2 aromatic rings. The molecule has 2 aromatic carbocycles. The number of hydrogen-bond donors (Lipinski definition) is 1. The van der Waals surface area contributed by atoms with Crippen LogP contribution in [0.5, 0.6) is 17.2 Å². The third-order valence-corrected chi connectivity index (χ3v) is 8.34. The lowest BCUT2D eigenvalue weighted by molar-refractivity contribution is -0.158. The number of aryl methyl sites for hydroxylation is 1. The van der Waals surface area contributed by atoms with Crippen LogP contribution in [0.15, 0.2) is 12.1 Å². The van der Waals surface area contributed by atoms with Crippen LogP contribution in [0, 0.1) is 20.8 Å². The van der Waals surface area contributed by atoms with Crippen molar-refractivity contribution in [2.75, 3.05) is 35.0 Å². The van der Waals surface area contributed by atoms with Crippen molar-refractivity contribution in [3.8, 4) is 17.2 Å². The van der Waals surface area contributed by atoms with Crippen molar-refractivity contribution in [2.45, 2.75) is 57.8 Å². The maximum absolute atomic E-state index is 14.0. The van der Waals surface area contributed by atoms with Crippen molar-refractivity contribution in [1.29, 1.82) is 0 Å². The number of likely N-dealkylation sites (N-methyl/N-ethyl adjacent to an activating group) is 1. The van der Waals surface area contributed by atoms with E-state index in [2.05, 4.69) is 24.0 Å². The first kappa shape index (κ1) is 23.0. The Labute approximate surface area is 201 Å². The summed E-state index contributed by atoms with van der Waals surface area (Å²) < 4.78 is 17.4. The summed E-state index contributed by atoms with van der Waals surface area (Å²) in [5, 5.41) is 10.6. The number of carbonyl (C=O) groups is 1. The van der Waals surface area contributed by atoms with Gasteiger partial charge in [-0.2, -0.15) is 0 Å². The van der Waals surface area contributed by atoms with Gasteiger partial charge >= 0.3 is 0 Å². The second kappa shape index (κ2) is 8.17. The van der Waals surface area contributed by atoms with E-state index in [1.165, 1.54) is 0 Å². The molecular weight excluding hydrogens is 432 g/mol. The van der Waals surface area contributed by atoms with Crippen LogP contribution in [-0.2, 0) is 17.6 Å². The Morgan fingerprint density at radius 2 is 1.71 bits per heavy atom. The summed E-state index contributed by atoms with van der Waals surface area (Å²) in [6.07, 6.45) is 1.25. The van der Waals surface area contributed by atoms with E-state index >= 15 is 0 Å². The standard InChI is InChI=1S/C27H34N2O5/c1-13-8-16-9-19-24-17-11-22(32-5)15(3)25(33-6)18(17)10-20(28(24)4)27(31)29(19)21(12-30)23(16)26(34-7)14(13)2/h8,11,19-21,24,30H,9-10,12H2,1-7H3/t19-,20-,21-,24+/m0/s1. The fourth-order valence-electron chi connectivity index (χ4n) is 6.66. The van der Waals surface area contributed by atoms with E-state index in [-0.39, 0.29) is 30.6 Å². The van der Waals surface area contributed by atoms with E-state index in [1.54, 1.807) is 21.3 Å². The van der Waals surface area contributed by atoms with E-state index in [9.17, 15) is 9.90 Å². The number of methoxy groups -OCH3 is 3. The smallest absolute Gasteiger partial charge is 0.241 e. The maximum atomic E-state index is 14.0. The van der Waals surface area contributed by atoms with Crippen LogP contribution in [-0.4, -0.2) is 67.9 Å². The number of nitrogens with zero attached hydrogens (tertiary/aromatic N) is 2. The lowest BCUT2D eigenvalue weighted by atomic mass is 9.73. The van der Waals surface area contributed by atoms with Gasteiger partial charge in [0.1, 0.15) is 17.2 Å². The highest BCUT2D eigenvalue weighted by Gasteiger charge is 2.54. The number of benzene rings is 2.